The van der Waals surface area contributed by atoms with Gasteiger partial charge in [-0.05, 0) is 47.2 Å². The normalized spacial score (nSPS) is 18.3. The Morgan fingerprint density at radius 1 is 0.946 bits per heavy atom. The molecule has 0 saturated heterocycles. The van der Waals surface area contributed by atoms with E-state index in [9.17, 15) is 9.59 Å². The molecule has 6 nitrogen and oxygen atoms in total. The molecule has 1 atom stereocenters. The summed E-state index contributed by atoms with van der Waals surface area (Å²) in [4.78, 5) is 29.8. The maximum atomic E-state index is 14.2. The van der Waals surface area contributed by atoms with Gasteiger partial charge in [0.05, 0.1) is 38.1 Å². The Morgan fingerprint density at radius 3 is 2.38 bits per heavy atom. The molecule has 5 rings (SSSR count). The first-order chi connectivity index (χ1) is 17.8. The summed E-state index contributed by atoms with van der Waals surface area (Å²) in [5.41, 5.74) is 4.56. The highest BCUT2D eigenvalue weighted by molar-refractivity contribution is 6.06. The van der Waals surface area contributed by atoms with Crippen molar-refractivity contribution >= 4 is 23.1 Å². The maximum absolute atomic E-state index is 14.2. The van der Waals surface area contributed by atoms with E-state index in [1.54, 1.807) is 19.1 Å². The number of ether oxygens (including phenoxy) is 2. The van der Waals surface area contributed by atoms with Crippen LogP contribution in [0.25, 0.3) is 0 Å². The van der Waals surface area contributed by atoms with Gasteiger partial charge in [0.1, 0.15) is 0 Å². The Kier molecular flexibility index (Phi) is 6.50. The van der Waals surface area contributed by atoms with Gasteiger partial charge in [-0.15, -0.1) is 0 Å². The van der Waals surface area contributed by atoms with Crippen LogP contribution in [0.15, 0.2) is 84.1 Å². The Morgan fingerprint density at radius 2 is 1.65 bits per heavy atom. The van der Waals surface area contributed by atoms with Gasteiger partial charge in [0, 0.05) is 17.7 Å². The monoisotopic (exact) mass is 496 g/mol. The molecule has 1 aliphatic heterocycles. The lowest BCUT2D eigenvalue weighted by Gasteiger charge is -2.37. The van der Waals surface area contributed by atoms with E-state index in [-0.39, 0.29) is 23.5 Å². The van der Waals surface area contributed by atoms with Crippen LogP contribution in [0.2, 0.25) is 0 Å². The number of ketones is 1. The molecule has 3 aromatic carbocycles. The fraction of sp³-hybridized carbons (Fsp3) is 0.290. The summed E-state index contributed by atoms with van der Waals surface area (Å²) in [5.74, 6) is 1.09. The molecule has 2 aliphatic rings. The van der Waals surface area contributed by atoms with Crippen molar-refractivity contribution in [3.63, 3.8) is 0 Å². The van der Waals surface area contributed by atoms with Crippen molar-refractivity contribution in [2.45, 2.75) is 39.2 Å². The van der Waals surface area contributed by atoms with Gasteiger partial charge < -0.3 is 14.8 Å². The van der Waals surface area contributed by atoms with Crippen molar-refractivity contribution < 1.29 is 19.1 Å². The highest BCUT2D eigenvalue weighted by Gasteiger charge is 2.43. The Bertz CT molecular complexity index is 1380. The topological polar surface area (TPSA) is 67.9 Å². The third-order valence-corrected chi connectivity index (χ3v) is 7.09. The van der Waals surface area contributed by atoms with Gasteiger partial charge in [-0.1, -0.05) is 62.4 Å². The number of para-hydroxylation sites is 2. The molecule has 0 aromatic heterocycles. The lowest BCUT2D eigenvalue weighted by Crippen LogP contribution is -2.40. The molecule has 0 bridgehead atoms. The van der Waals surface area contributed by atoms with Crippen LogP contribution >= 0.6 is 0 Å². The Balaban J connectivity index is 1.74. The number of rotatable bonds is 5. The molecule has 190 valence electrons. The van der Waals surface area contributed by atoms with E-state index in [1.807, 2.05) is 72.8 Å². The smallest absolute Gasteiger partial charge is 0.232 e. The first kappa shape index (κ1) is 24.6. The molecular weight excluding hydrogens is 464 g/mol. The van der Waals surface area contributed by atoms with Crippen molar-refractivity contribution in [2.24, 2.45) is 5.41 Å². The minimum Gasteiger partial charge on any atom is -0.493 e. The van der Waals surface area contributed by atoms with E-state index in [4.69, 9.17) is 9.47 Å². The molecule has 1 aliphatic carbocycles. The molecule has 1 amide bonds. The summed E-state index contributed by atoms with van der Waals surface area (Å²) in [5, 5.41) is 3.56. The number of Topliss-reactive ketones (excluding diaryl/α,β-unsaturated/α-hetero) is 1. The number of nitrogens with zero attached hydrogens (tertiary/aromatic N) is 1. The number of allylic oxidation sites excluding steroid dienone is 1. The van der Waals surface area contributed by atoms with Crippen molar-refractivity contribution in [3.05, 3.63) is 95.2 Å². The lowest BCUT2D eigenvalue weighted by atomic mass is 9.73. The van der Waals surface area contributed by atoms with Gasteiger partial charge >= 0.3 is 0 Å². The molecule has 0 spiro atoms. The van der Waals surface area contributed by atoms with Gasteiger partial charge in [0.15, 0.2) is 17.3 Å². The highest BCUT2D eigenvalue weighted by Crippen LogP contribution is 2.49. The number of methoxy groups -OCH3 is 2. The summed E-state index contributed by atoms with van der Waals surface area (Å²) < 4.78 is 11.1. The predicted molar refractivity (Wildman–Crippen MR) is 145 cm³/mol. The quantitative estimate of drug-likeness (QED) is 0.463. The zero-order chi connectivity index (χ0) is 26.2. The number of amides is 1. The molecule has 0 radical (unpaired) electrons. The van der Waals surface area contributed by atoms with Crippen molar-refractivity contribution in [1.29, 1.82) is 0 Å². The molecule has 1 heterocycles. The number of carbonyl (C=O) groups excluding carboxylic acids is 2. The van der Waals surface area contributed by atoms with Crippen LogP contribution in [0.1, 0.15) is 43.9 Å². The second-order valence-corrected chi connectivity index (χ2v) is 10.4. The van der Waals surface area contributed by atoms with Gasteiger partial charge in [0.25, 0.3) is 0 Å². The molecule has 3 aromatic rings. The fourth-order valence-corrected chi connectivity index (χ4v) is 5.46. The maximum Gasteiger partial charge on any atom is 0.232 e. The highest BCUT2D eigenvalue weighted by atomic mass is 16.5. The summed E-state index contributed by atoms with van der Waals surface area (Å²) in [6.07, 6.45) is 1.32. The number of nitrogens with one attached hydrogen (secondary N) is 1. The molecule has 1 N–H and O–H groups in total. The van der Waals surface area contributed by atoms with Crippen LogP contribution in [0.3, 0.4) is 0 Å². The minimum absolute atomic E-state index is 0.0452. The van der Waals surface area contributed by atoms with Crippen molar-refractivity contribution in [2.75, 3.05) is 24.4 Å². The third kappa shape index (κ3) is 4.71. The standard InChI is InChI=1S/C31H32N2O4/c1-31(2)18-23-29(25(34)19-31)30(21-14-15-26(36-3)27(17-21)37-4)33(24-13-9-8-12-22(24)32-23)28(35)16-20-10-6-5-7-11-20/h5-15,17,30,32H,16,18-19H2,1-4H3/t30-/m0/s1. The SMILES string of the molecule is COc1ccc([C@H]2C3=C(CC(C)(C)CC3=O)Nc3ccccc3N2C(=O)Cc2ccccc2)cc1OC. The van der Waals surface area contributed by atoms with Crippen LogP contribution in [0.4, 0.5) is 11.4 Å². The lowest BCUT2D eigenvalue weighted by molar-refractivity contribution is -0.119. The van der Waals surface area contributed by atoms with Crippen LogP contribution in [0.5, 0.6) is 11.5 Å². The molecule has 6 heteroatoms. The van der Waals surface area contributed by atoms with Crippen molar-refractivity contribution in [1.82, 2.24) is 0 Å². The second-order valence-electron chi connectivity index (χ2n) is 10.4. The van der Waals surface area contributed by atoms with E-state index in [0.717, 1.165) is 28.2 Å². The van der Waals surface area contributed by atoms with Crippen LogP contribution < -0.4 is 19.7 Å². The molecule has 37 heavy (non-hydrogen) atoms. The summed E-state index contributed by atoms with van der Waals surface area (Å²) in [6.45, 7) is 4.22. The number of anilines is 2. The zero-order valence-electron chi connectivity index (χ0n) is 21.7. The second kappa shape index (κ2) is 9.77. The van der Waals surface area contributed by atoms with Crippen LogP contribution in [0, 0.1) is 5.41 Å². The molecule has 0 saturated carbocycles. The van der Waals surface area contributed by atoms with Gasteiger partial charge in [0.2, 0.25) is 5.91 Å². The van der Waals surface area contributed by atoms with Gasteiger partial charge in [-0.25, -0.2) is 0 Å². The minimum atomic E-state index is -0.620. The first-order valence-electron chi connectivity index (χ1n) is 12.5. The average Bonchev–Trinajstić information content (AvgIpc) is 3.02. The van der Waals surface area contributed by atoms with E-state index in [2.05, 4.69) is 19.2 Å². The third-order valence-electron chi connectivity index (χ3n) is 7.09. The largest absolute Gasteiger partial charge is 0.493 e. The van der Waals surface area contributed by atoms with Gasteiger partial charge in [-0.3, -0.25) is 14.5 Å². The van der Waals surface area contributed by atoms with E-state index < -0.39 is 6.04 Å². The molecule has 0 unspecified atom stereocenters. The first-order valence-corrected chi connectivity index (χ1v) is 12.5. The Labute approximate surface area is 217 Å². The summed E-state index contributed by atoms with van der Waals surface area (Å²) in [6, 6.07) is 22.5. The number of hydrogen-bond acceptors (Lipinski definition) is 5. The van der Waals surface area contributed by atoms with E-state index >= 15 is 0 Å². The predicted octanol–water partition coefficient (Wildman–Crippen LogP) is 6.09. The zero-order valence-corrected chi connectivity index (χ0v) is 21.7. The van der Waals surface area contributed by atoms with Crippen LogP contribution in [-0.2, 0) is 16.0 Å². The molecule has 0 fully saturated rings. The fourth-order valence-electron chi connectivity index (χ4n) is 5.46. The van der Waals surface area contributed by atoms with E-state index in [0.29, 0.717) is 29.9 Å². The Hall–Kier alpha value is -4.06. The summed E-state index contributed by atoms with van der Waals surface area (Å²) in [7, 11) is 3.18. The van der Waals surface area contributed by atoms with Crippen LogP contribution in [-0.4, -0.2) is 25.9 Å². The number of hydrogen-bond donors (Lipinski definition) is 1. The van der Waals surface area contributed by atoms with E-state index in [1.165, 1.54) is 0 Å². The average molecular weight is 497 g/mol. The summed E-state index contributed by atoms with van der Waals surface area (Å²) >= 11 is 0. The number of fused-ring (bicyclic) bond motifs is 1. The number of carbonyl (C=O) groups is 2. The van der Waals surface area contributed by atoms with Gasteiger partial charge in [-0.2, -0.15) is 0 Å². The van der Waals surface area contributed by atoms with Crippen molar-refractivity contribution in [3.8, 4) is 11.5 Å². The molecular formula is C31H32N2O4. The number of benzene rings is 3.